The Kier molecular flexibility index (Phi) is 4.09. The van der Waals surface area contributed by atoms with Crippen molar-refractivity contribution in [3.8, 4) is 5.75 Å². The smallest absolute Gasteiger partial charge is 0.331 e. The van der Waals surface area contributed by atoms with Crippen LogP contribution in [0.1, 0.15) is 13.8 Å². The number of carboxylic acid groups (broad SMARTS) is 1. The summed E-state index contributed by atoms with van der Waals surface area (Å²) in [7, 11) is 1.55. The van der Waals surface area contributed by atoms with Crippen molar-refractivity contribution >= 4 is 17.6 Å². The van der Waals surface area contributed by atoms with Gasteiger partial charge in [0.25, 0.3) is 5.91 Å². The normalized spacial score (nSPS) is 11.7. The first-order chi connectivity index (χ1) is 8.34. The van der Waals surface area contributed by atoms with Crippen molar-refractivity contribution in [1.29, 1.82) is 0 Å². The molecule has 1 aromatic carbocycles. The molecule has 0 aliphatic carbocycles. The van der Waals surface area contributed by atoms with Crippen molar-refractivity contribution in [3.63, 3.8) is 0 Å². The molecule has 96 valence electrons. The summed E-state index contributed by atoms with van der Waals surface area (Å²) >= 11 is 0. The third-order valence-electron chi connectivity index (χ3n) is 2.75. The quantitative estimate of drug-likeness (QED) is 0.800. The van der Waals surface area contributed by atoms with E-state index in [-0.39, 0.29) is 22.8 Å². The summed E-state index contributed by atoms with van der Waals surface area (Å²) in [5.74, 6) is -1.39. The minimum atomic E-state index is -1.11. The van der Waals surface area contributed by atoms with Crippen LogP contribution in [0, 0.1) is 0 Å². The zero-order valence-corrected chi connectivity index (χ0v) is 10.5. The van der Waals surface area contributed by atoms with Gasteiger partial charge in [-0.2, -0.15) is 0 Å². The van der Waals surface area contributed by atoms with Gasteiger partial charge in [0.2, 0.25) is 0 Å². The number of aliphatic carboxylic acids is 1. The van der Waals surface area contributed by atoms with Crippen molar-refractivity contribution in [2.45, 2.75) is 13.8 Å². The Morgan fingerprint density at radius 3 is 2.00 bits per heavy atom. The Morgan fingerprint density at radius 1 is 1.06 bits per heavy atom. The minimum absolute atomic E-state index is 0.0191. The van der Waals surface area contributed by atoms with Crippen LogP contribution in [0.25, 0.3) is 0 Å². The van der Waals surface area contributed by atoms with Crippen molar-refractivity contribution < 1.29 is 19.8 Å². The second-order valence-corrected chi connectivity index (χ2v) is 3.94. The Morgan fingerprint density at radius 2 is 1.56 bits per heavy atom. The average Bonchev–Trinajstić information content (AvgIpc) is 2.36. The van der Waals surface area contributed by atoms with Crippen molar-refractivity contribution in [2.75, 3.05) is 11.9 Å². The van der Waals surface area contributed by atoms with Gasteiger partial charge in [-0.1, -0.05) is 0 Å². The summed E-state index contributed by atoms with van der Waals surface area (Å²) in [6.07, 6.45) is 0. The second-order valence-electron chi connectivity index (χ2n) is 3.94. The Bertz CT molecular complexity index is 502. The van der Waals surface area contributed by atoms with Crippen molar-refractivity contribution in [2.24, 2.45) is 0 Å². The molecule has 0 unspecified atom stereocenters. The molecular formula is C13H15NO4. The highest BCUT2D eigenvalue weighted by Gasteiger charge is 2.17. The number of hydrogen-bond donors (Lipinski definition) is 2. The fourth-order valence-electron chi connectivity index (χ4n) is 1.37. The fourth-order valence-corrected chi connectivity index (χ4v) is 1.37. The van der Waals surface area contributed by atoms with Gasteiger partial charge in [0.05, 0.1) is 0 Å². The van der Waals surface area contributed by atoms with E-state index in [1.165, 1.54) is 30.9 Å². The highest BCUT2D eigenvalue weighted by Crippen LogP contribution is 2.19. The summed E-state index contributed by atoms with van der Waals surface area (Å²) in [4.78, 5) is 24.1. The molecule has 2 N–H and O–H groups in total. The molecule has 1 rings (SSSR count). The lowest BCUT2D eigenvalue weighted by atomic mass is 10.1. The van der Waals surface area contributed by atoms with Gasteiger partial charge >= 0.3 is 5.97 Å². The lowest BCUT2D eigenvalue weighted by molar-refractivity contribution is -0.133. The van der Waals surface area contributed by atoms with Gasteiger partial charge in [-0.05, 0) is 38.1 Å². The van der Waals surface area contributed by atoms with E-state index in [9.17, 15) is 9.59 Å². The Balaban J connectivity index is 3.01. The molecule has 0 aromatic heterocycles. The van der Waals surface area contributed by atoms with Crippen LogP contribution in [-0.4, -0.2) is 29.1 Å². The first-order valence-electron chi connectivity index (χ1n) is 5.32. The molecule has 1 amide bonds. The number of aromatic hydroxyl groups is 1. The molecular weight excluding hydrogens is 234 g/mol. The molecule has 0 fully saturated rings. The van der Waals surface area contributed by atoms with Gasteiger partial charge in [0, 0.05) is 23.9 Å². The molecule has 0 spiro atoms. The predicted octanol–water partition coefficient (Wildman–Crippen LogP) is 1.78. The largest absolute Gasteiger partial charge is 0.508 e. The van der Waals surface area contributed by atoms with Gasteiger partial charge in [-0.15, -0.1) is 0 Å². The number of phenolic OH excluding ortho intramolecular Hbond substituents is 1. The summed E-state index contributed by atoms with van der Waals surface area (Å²) < 4.78 is 0. The number of phenols is 1. The van der Waals surface area contributed by atoms with Crippen molar-refractivity contribution in [1.82, 2.24) is 0 Å². The second kappa shape index (κ2) is 5.35. The average molecular weight is 249 g/mol. The minimum Gasteiger partial charge on any atom is -0.508 e. The maximum absolute atomic E-state index is 12.0. The maximum atomic E-state index is 12.0. The standard InChI is InChI=1S/C13H15NO4/c1-8(9(2)13(17)18)12(16)14(3)10-4-6-11(15)7-5-10/h4-7,15H,1-3H3,(H,17,18)/b9-8-. The zero-order valence-electron chi connectivity index (χ0n) is 10.5. The Hall–Kier alpha value is -2.30. The lowest BCUT2D eigenvalue weighted by Gasteiger charge is -2.18. The van der Waals surface area contributed by atoms with Crippen molar-refractivity contribution in [3.05, 3.63) is 35.4 Å². The monoisotopic (exact) mass is 249 g/mol. The van der Waals surface area contributed by atoms with Crippen LogP contribution >= 0.6 is 0 Å². The third kappa shape index (κ3) is 2.88. The molecule has 0 aliphatic rings. The third-order valence-corrected chi connectivity index (χ3v) is 2.75. The number of carbonyl (C=O) groups excluding carboxylic acids is 1. The van der Waals surface area contributed by atoms with Crippen LogP contribution in [-0.2, 0) is 9.59 Å². The topological polar surface area (TPSA) is 77.8 Å². The molecule has 0 aliphatic heterocycles. The highest BCUT2D eigenvalue weighted by atomic mass is 16.4. The van der Waals surface area contributed by atoms with Gasteiger partial charge < -0.3 is 15.1 Å². The van der Waals surface area contributed by atoms with Crippen LogP contribution in [0.4, 0.5) is 5.69 Å². The fraction of sp³-hybridized carbons (Fsp3) is 0.231. The molecule has 0 heterocycles. The van der Waals surface area contributed by atoms with Gasteiger partial charge in [-0.3, -0.25) is 4.79 Å². The first kappa shape index (κ1) is 13.8. The molecule has 1 aromatic rings. The summed E-state index contributed by atoms with van der Waals surface area (Å²) in [6.45, 7) is 2.86. The van der Waals surface area contributed by atoms with Crippen LogP contribution in [0.15, 0.2) is 35.4 Å². The number of amides is 1. The lowest BCUT2D eigenvalue weighted by Crippen LogP contribution is -2.28. The number of carboxylic acids is 1. The maximum Gasteiger partial charge on any atom is 0.331 e. The van der Waals surface area contributed by atoms with Gasteiger partial charge in [-0.25, -0.2) is 4.79 Å². The predicted molar refractivity (Wildman–Crippen MR) is 67.5 cm³/mol. The van der Waals surface area contributed by atoms with E-state index in [2.05, 4.69) is 0 Å². The molecule has 0 radical (unpaired) electrons. The molecule has 5 nitrogen and oxygen atoms in total. The molecule has 18 heavy (non-hydrogen) atoms. The van der Waals surface area contributed by atoms with Gasteiger partial charge in [0.15, 0.2) is 0 Å². The van der Waals surface area contributed by atoms with Crippen LogP contribution in [0.5, 0.6) is 5.75 Å². The molecule has 5 heteroatoms. The summed E-state index contributed by atoms with van der Waals surface area (Å²) in [5.41, 5.74) is 0.777. The van der Waals surface area contributed by atoms with E-state index in [0.717, 1.165) is 0 Å². The van der Waals surface area contributed by atoms with E-state index in [1.54, 1.807) is 19.2 Å². The number of hydrogen-bond acceptors (Lipinski definition) is 3. The molecule has 0 saturated heterocycles. The summed E-state index contributed by atoms with van der Waals surface area (Å²) in [6, 6.07) is 6.08. The number of anilines is 1. The van der Waals surface area contributed by atoms with E-state index < -0.39 is 5.97 Å². The highest BCUT2D eigenvalue weighted by molar-refractivity contribution is 6.09. The number of benzene rings is 1. The zero-order chi connectivity index (χ0) is 13.9. The Labute approximate surface area is 105 Å². The van der Waals surface area contributed by atoms with E-state index in [4.69, 9.17) is 10.2 Å². The number of carbonyl (C=O) groups is 2. The molecule has 0 bridgehead atoms. The number of nitrogens with zero attached hydrogens (tertiary/aromatic N) is 1. The molecule has 0 saturated carbocycles. The SMILES string of the molecule is C/C(C(=O)O)=C(\C)C(=O)N(C)c1ccc(O)cc1. The first-order valence-corrected chi connectivity index (χ1v) is 5.32. The van der Waals surface area contributed by atoms with E-state index in [1.807, 2.05) is 0 Å². The van der Waals surface area contributed by atoms with Gasteiger partial charge in [0.1, 0.15) is 5.75 Å². The van der Waals surface area contributed by atoms with E-state index >= 15 is 0 Å². The van der Waals surface area contributed by atoms with Crippen LogP contribution in [0.2, 0.25) is 0 Å². The van der Waals surface area contributed by atoms with Crippen LogP contribution in [0.3, 0.4) is 0 Å². The molecule has 0 atom stereocenters. The summed E-state index contributed by atoms with van der Waals surface area (Å²) in [5, 5.41) is 18.0. The number of likely N-dealkylation sites (N-methyl/N-ethyl adjacent to an activating group) is 1. The van der Waals surface area contributed by atoms with Crippen LogP contribution < -0.4 is 4.90 Å². The number of rotatable bonds is 3. The van der Waals surface area contributed by atoms with E-state index in [0.29, 0.717) is 5.69 Å².